The number of fused-ring (bicyclic) bond motifs is 1. The van der Waals surface area contributed by atoms with E-state index in [4.69, 9.17) is 9.84 Å². The molecule has 8 nitrogen and oxygen atoms in total. The molecule has 5 rings (SSSR count). The molecule has 0 aliphatic heterocycles. The number of nitrogens with one attached hydrogen (secondary N) is 1. The Balaban J connectivity index is 1.44. The van der Waals surface area contributed by atoms with Crippen LogP contribution >= 0.6 is 0 Å². The van der Waals surface area contributed by atoms with Gasteiger partial charge in [0.05, 0.1) is 29.5 Å². The molecule has 2 N–H and O–H groups in total. The van der Waals surface area contributed by atoms with Crippen LogP contribution in [0.1, 0.15) is 74.1 Å². The molecule has 186 valence electrons. The number of pyridine rings is 1. The number of aliphatic hydroxyl groups is 1. The smallest absolute Gasteiger partial charge is 0.322 e. The van der Waals surface area contributed by atoms with Gasteiger partial charge in [0.1, 0.15) is 5.75 Å². The minimum absolute atomic E-state index is 0.0424. The fourth-order valence-corrected chi connectivity index (χ4v) is 4.48. The van der Waals surface area contributed by atoms with Crippen molar-refractivity contribution in [1.29, 1.82) is 0 Å². The van der Waals surface area contributed by atoms with Crippen LogP contribution in [0.3, 0.4) is 0 Å². The number of alkyl halides is 2. The number of aromatic nitrogens is 3. The Morgan fingerprint density at radius 3 is 2.74 bits per heavy atom. The lowest BCUT2D eigenvalue weighted by Gasteiger charge is -2.33. The van der Waals surface area contributed by atoms with E-state index in [9.17, 15) is 23.9 Å². The molecule has 0 bridgehead atoms. The maximum Gasteiger partial charge on any atom is 0.322 e. The fourth-order valence-electron chi connectivity index (χ4n) is 4.48. The van der Waals surface area contributed by atoms with Crippen molar-refractivity contribution in [2.75, 3.05) is 11.9 Å². The van der Waals surface area contributed by atoms with Crippen LogP contribution in [0, 0.1) is 11.1 Å². The van der Waals surface area contributed by atoms with Crippen LogP contribution in [-0.2, 0) is 0 Å². The summed E-state index contributed by atoms with van der Waals surface area (Å²) in [6, 6.07) is 7.09. The number of carbonyl (C=O) groups excluding carboxylic acids is 1. The fraction of sp³-hybridized carbons (Fsp3) is 0.480. The molecule has 0 atom stereocenters. The summed E-state index contributed by atoms with van der Waals surface area (Å²) in [5.41, 5.74) is -0.821. The zero-order chi connectivity index (χ0) is 24.7. The Bertz CT molecular complexity index is 1250. The number of hydrogen-bond donors (Lipinski definition) is 2. The van der Waals surface area contributed by atoms with Crippen molar-refractivity contribution in [3.8, 4) is 5.75 Å². The minimum Gasteiger partial charge on any atom is -0.618 e. The van der Waals surface area contributed by atoms with Crippen molar-refractivity contribution in [3.05, 3.63) is 53.1 Å². The highest BCUT2D eigenvalue weighted by atomic mass is 19.3. The summed E-state index contributed by atoms with van der Waals surface area (Å²) in [5, 5.41) is 30.7. The summed E-state index contributed by atoms with van der Waals surface area (Å²) in [5.74, 6) is 0.0745. The van der Waals surface area contributed by atoms with Crippen molar-refractivity contribution in [2.45, 2.75) is 63.5 Å². The van der Waals surface area contributed by atoms with E-state index in [0.29, 0.717) is 42.3 Å². The SMILES string of the molecule is CC1(O)CCC(n2cc3cc(NC(=O)c4cccc(C(F)F)[n+]4[O-])c(OCC4CC4)cc3n2)CC1. The average Bonchev–Trinajstić information content (AvgIpc) is 3.55. The molecule has 0 unspecified atom stereocenters. The van der Waals surface area contributed by atoms with Gasteiger partial charge < -0.3 is 20.4 Å². The van der Waals surface area contributed by atoms with Crippen LogP contribution in [0.5, 0.6) is 5.75 Å². The van der Waals surface area contributed by atoms with Gasteiger partial charge in [-0.15, -0.1) is 0 Å². The summed E-state index contributed by atoms with van der Waals surface area (Å²) < 4.78 is 34.1. The van der Waals surface area contributed by atoms with Gasteiger partial charge in [0.2, 0.25) is 0 Å². The Labute approximate surface area is 201 Å². The average molecular weight is 487 g/mol. The molecular weight excluding hydrogens is 458 g/mol. The van der Waals surface area contributed by atoms with Gasteiger partial charge in [0, 0.05) is 29.8 Å². The lowest BCUT2D eigenvalue weighted by atomic mass is 9.84. The molecule has 2 heterocycles. The summed E-state index contributed by atoms with van der Waals surface area (Å²) in [6.45, 7) is 2.35. The topological polar surface area (TPSA) is 103 Å². The van der Waals surface area contributed by atoms with Crippen LogP contribution in [0.2, 0.25) is 0 Å². The Kier molecular flexibility index (Phi) is 6.08. The van der Waals surface area contributed by atoms with Gasteiger partial charge in [-0.25, -0.2) is 0 Å². The first-order valence-corrected chi connectivity index (χ1v) is 11.9. The first-order chi connectivity index (χ1) is 16.7. The second-order valence-corrected chi connectivity index (χ2v) is 9.88. The van der Waals surface area contributed by atoms with Gasteiger partial charge in [-0.2, -0.15) is 18.6 Å². The molecular formula is C25H28F2N4O4. The van der Waals surface area contributed by atoms with Gasteiger partial charge in [0.15, 0.2) is 0 Å². The van der Waals surface area contributed by atoms with Gasteiger partial charge in [-0.05, 0) is 63.5 Å². The van der Waals surface area contributed by atoms with E-state index in [1.54, 1.807) is 12.1 Å². The Morgan fingerprint density at radius 2 is 2.06 bits per heavy atom. The first-order valence-electron chi connectivity index (χ1n) is 11.9. The van der Waals surface area contributed by atoms with Crippen molar-refractivity contribution in [2.24, 2.45) is 5.92 Å². The van der Waals surface area contributed by atoms with E-state index in [-0.39, 0.29) is 10.8 Å². The third-order valence-electron chi connectivity index (χ3n) is 6.88. The zero-order valence-electron chi connectivity index (χ0n) is 19.4. The monoisotopic (exact) mass is 486 g/mol. The van der Waals surface area contributed by atoms with E-state index in [2.05, 4.69) is 5.32 Å². The lowest BCUT2D eigenvalue weighted by molar-refractivity contribution is -0.621. The van der Waals surface area contributed by atoms with E-state index in [0.717, 1.165) is 37.1 Å². The largest absolute Gasteiger partial charge is 0.618 e. The molecule has 0 radical (unpaired) electrons. The van der Waals surface area contributed by atoms with E-state index in [1.807, 2.05) is 17.8 Å². The lowest BCUT2D eigenvalue weighted by Crippen LogP contribution is -2.40. The molecule has 2 aliphatic rings. The van der Waals surface area contributed by atoms with Crippen LogP contribution in [0.15, 0.2) is 36.5 Å². The number of carbonyl (C=O) groups is 1. The third-order valence-corrected chi connectivity index (χ3v) is 6.88. The maximum atomic E-state index is 13.1. The molecule has 0 saturated heterocycles. The second kappa shape index (κ2) is 9.07. The number of benzene rings is 1. The number of nitrogens with zero attached hydrogens (tertiary/aromatic N) is 3. The number of rotatable bonds is 7. The zero-order valence-corrected chi connectivity index (χ0v) is 19.4. The summed E-state index contributed by atoms with van der Waals surface area (Å²) in [7, 11) is 0. The summed E-state index contributed by atoms with van der Waals surface area (Å²) in [6.07, 6.45) is 4.06. The van der Waals surface area contributed by atoms with Crippen LogP contribution in [-0.4, -0.2) is 33.0 Å². The standard InChI is InChI=1S/C25H28F2N4O4/c1-25(33)9-7-17(8-10-25)30-13-16-11-19(22(12-18(16)29-30)35-14-15-5-6-15)28-24(32)21-4-2-3-20(23(26)27)31(21)34/h2-4,11-13,15,17,23,33H,5-10,14H2,1H3,(H,28,32). The number of ether oxygens (including phenoxy) is 1. The Morgan fingerprint density at radius 1 is 1.31 bits per heavy atom. The highest BCUT2D eigenvalue weighted by molar-refractivity contribution is 6.04. The van der Waals surface area contributed by atoms with Crippen molar-refractivity contribution < 1.29 is 28.1 Å². The first kappa shape index (κ1) is 23.5. The van der Waals surface area contributed by atoms with Crippen molar-refractivity contribution in [3.63, 3.8) is 0 Å². The number of hydrogen-bond acceptors (Lipinski definition) is 5. The normalized spacial score (nSPS) is 22.5. The predicted octanol–water partition coefficient (Wildman–Crippen LogP) is 4.51. The van der Waals surface area contributed by atoms with E-state index < -0.39 is 29.3 Å². The molecule has 2 fully saturated rings. The van der Waals surface area contributed by atoms with Crippen LogP contribution in [0.25, 0.3) is 10.9 Å². The quantitative estimate of drug-likeness (QED) is 0.378. The molecule has 2 aromatic heterocycles. The molecule has 1 aromatic carbocycles. The maximum absolute atomic E-state index is 13.1. The number of amides is 1. The van der Waals surface area contributed by atoms with Gasteiger partial charge in [-0.1, -0.05) is 0 Å². The highest BCUT2D eigenvalue weighted by Crippen LogP contribution is 2.37. The second-order valence-electron chi connectivity index (χ2n) is 9.88. The van der Waals surface area contributed by atoms with Gasteiger partial charge in [-0.3, -0.25) is 9.48 Å². The van der Waals surface area contributed by atoms with E-state index >= 15 is 0 Å². The van der Waals surface area contributed by atoms with Crippen LogP contribution in [0.4, 0.5) is 14.5 Å². The van der Waals surface area contributed by atoms with E-state index in [1.165, 1.54) is 12.1 Å². The molecule has 1 amide bonds. The van der Waals surface area contributed by atoms with Crippen LogP contribution < -0.4 is 14.8 Å². The molecule has 0 spiro atoms. The molecule has 10 heteroatoms. The Hall–Kier alpha value is -3.27. The van der Waals surface area contributed by atoms with Gasteiger partial charge in [0.25, 0.3) is 11.4 Å². The highest BCUT2D eigenvalue weighted by Gasteiger charge is 2.30. The summed E-state index contributed by atoms with van der Waals surface area (Å²) >= 11 is 0. The number of anilines is 1. The number of halogens is 2. The van der Waals surface area contributed by atoms with Crippen molar-refractivity contribution >= 4 is 22.5 Å². The minimum atomic E-state index is -3.00. The third kappa shape index (κ3) is 5.07. The molecule has 2 aliphatic carbocycles. The molecule has 2 saturated carbocycles. The molecule has 35 heavy (non-hydrogen) atoms. The summed E-state index contributed by atoms with van der Waals surface area (Å²) in [4.78, 5) is 12.9. The predicted molar refractivity (Wildman–Crippen MR) is 124 cm³/mol. The van der Waals surface area contributed by atoms with Gasteiger partial charge >= 0.3 is 12.3 Å². The molecule has 3 aromatic rings. The van der Waals surface area contributed by atoms with Crippen molar-refractivity contribution in [1.82, 2.24) is 9.78 Å².